The average molecular weight is 389 g/mol. The van der Waals surface area contributed by atoms with Gasteiger partial charge in [0.1, 0.15) is 11.5 Å². The second-order valence-electron chi connectivity index (χ2n) is 8.53. The molecule has 0 spiro atoms. The number of rotatable bonds is 6. The lowest BCUT2D eigenvalue weighted by atomic mass is 9.92. The van der Waals surface area contributed by atoms with E-state index in [1.165, 1.54) is 0 Å². The van der Waals surface area contributed by atoms with Gasteiger partial charge in [-0.3, -0.25) is 10.00 Å². The first-order chi connectivity index (χ1) is 13.2. The number of carbonyl (C=O) groups is 1. The van der Waals surface area contributed by atoms with E-state index in [0.717, 1.165) is 57.1 Å². The molecule has 9 nitrogen and oxygen atoms in total. The molecule has 0 bridgehead atoms. The van der Waals surface area contributed by atoms with Gasteiger partial charge in [0.25, 0.3) is 0 Å². The van der Waals surface area contributed by atoms with E-state index in [1.54, 1.807) is 10.9 Å². The Morgan fingerprint density at radius 3 is 2.57 bits per heavy atom. The van der Waals surface area contributed by atoms with Gasteiger partial charge in [-0.05, 0) is 20.0 Å². The molecular weight excluding hydrogens is 356 g/mol. The van der Waals surface area contributed by atoms with E-state index in [1.807, 2.05) is 16.9 Å². The van der Waals surface area contributed by atoms with Gasteiger partial charge in [0, 0.05) is 44.2 Å². The number of anilines is 1. The fraction of sp³-hybridized carbons (Fsp3) is 0.632. The highest BCUT2D eigenvalue weighted by Crippen LogP contribution is 2.26. The Morgan fingerprint density at radius 1 is 1.21 bits per heavy atom. The van der Waals surface area contributed by atoms with Gasteiger partial charge in [0.15, 0.2) is 0 Å². The lowest BCUT2D eigenvalue weighted by Gasteiger charge is -2.32. The maximum absolute atomic E-state index is 11.4. The lowest BCUT2D eigenvalue weighted by molar-refractivity contribution is 0.151. The molecule has 1 fully saturated rings. The van der Waals surface area contributed by atoms with Crippen molar-refractivity contribution in [2.75, 3.05) is 45.1 Å². The SMILES string of the molecule is CN1CCN(CCCn2cc(-n3nc(C(C)(C)C)cc3NC(N)=O)cn2)CC1. The van der Waals surface area contributed by atoms with Crippen LogP contribution < -0.4 is 11.1 Å². The summed E-state index contributed by atoms with van der Waals surface area (Å²) in [6.07, 6.45) is 4.76. The molecule has 3 rings (SSSR count). The van der Waals surface area contributed by atoms with Crippen LogP contribution in [0.2, 0.25) is 0 Å². The van der Waals surface area contributed by atoms with Crippen LogP contribution in [0.15, 0.2) is 18.5 Å². The van der Waals surface area contributed by atoms with Crippen LogP contribution >= 0.6 is 0 Å². The Kier molecular flexibility index (Phi) is 6.04. The predicted molar refractivity (Wildman–Crippen MR) is 110 cm³/mol. The van der Waals surface area contributed by atoms with Crippen LogP contribution in [0.3, 0.4) is 0 Å². The molecule has 1 aliphatic rings. The molecule has 0 aliphatic carbocycles. The second kappa shape index (κ2) is 8.32. The summed E-state index contributed by atoms with van der Waals surface area (Å²) in [6.45, 7) is 12.7. The monoisotopic (exact) mass is 388 g/mol. The maximum Gasteiger partial charge on any atom is 0.317 e. The van der Waals surface area contributed by atoms with Crippen molar-refractivity contribution in [2.24, 2.45) is 5.73 Å². The summed E-state index contributed by atoms with van der Waals surface area (Å²) in [5, 5.41) is 11.8. The largest absolute Gasteiger partial charge is 0.351 e. The minimum atomic E-state index is -0.610. The molecular formula is C19H32N8O. The number of primary amides is 1. The van der Waals surface area contributed by atoms with E-state index in [4.69, 9.17) is 5.73 Å². The van der Waals surface area contributed by atoms with Crippen LogP contribution in [-0.2, 0) is 12.0 Å². The Bertz CT molecular complexity index is 795. The topological polar surface area (TPSA) is 97.2 Å². The van der Waals surface area contributed by atoms with Crippen molar-refractivity contribution in [3.05, 3.63) is 24.2 Å². The maximum atomic E-state index is 11.4. The number of amides is 2. The summed E-state index contributed by atoms with van der Waals surface area (Å²) >= 11 is 0. The van der Waals surface area contributed by atoms with Crippen LogP contribution in [0, 0.1) is 0 Å². The average Bonchev–Trinajstić information content (AvgIpc) is 3.23. The van der Waals surface area contributed by atoms with E-state index in [-0.39, 0.29) is 5.41 Å². The normalized spacial score (nSPS) is 16.4. The molecule has 3 heterocycles. The van der Waals surface area contributed by atoms with Crippen LogP contribution in [0.4, 0.5) is 10.6 Å². The predicted octanol–water partition coefficient (Wildman–Crippen LogP) is 1.49. The first-order valence-electron chi connectivity index (χ1n) is 9.83. The number of hydrogen-bond acceptors (Lipinski definition) is 5. The fourth-order valence-electron chi connectivity index (χ4n) is 3.27. The number of hydrogen-bond donors (Lipinski definition) is 2. The quantitative estimate of drug-likeness (QED) is 0.781. The van der Waals surface area contributed by atoms with Gasteiger partial charge >= 0.3 is 6.03 Å². The highest BCUT2D eigenvalue weighted by molar-refractivity contribution is 5.87. The van der Waals surface area contributed by atoms with E-state index < -0.39 is 6.03 Å². The number of likely N-dealkylation sites (N-methyl/N-ethyl adjacent to an activating group) is 1. The number of urea groups is 1. The molecule has 3 N–H and O–H groups in total. The van der Waals surface area contributed by atoms with E-state index in [0.29, 0.717) is 5.82 Å². The molecule has 2 aromatic heterocycles. The van der Waals surface area contributed by atoms with Gasteiger partial charge in [-0.1, -0.05) is 20.8 Å². The molecule has 0 unspecified atom stereocenters. The van der Waals surface area contributed by atoms with Crippen molar-refractivity contribution in [3.63, 3.8) is 0 Å². The Labute approximate surface area is 166 Å². The molecule has 0 atom stereocenters. The zero-order valence-electron chi connectivity index (χ0n) is 17.4. The van der Waals surface area contributed by atoms with Gasteiger partial charge in [0.2, 0.25) is 0 Å². The summed E-state index contributed by atoms with van der Waals surface area (Å²) in [7, 11) is 2.17. The van der Waals surface area contributed by atoms with Gasteiger partial charge in [-0.15, -0.1) is 0 Å². The number of nitrogens with two attached hydrogens (primary N) is 1. The van der Waals surface area contributed by atoms with Crippen molar-refractivity contribution in [1.29, 1.82) is 0 Å². The van der Waals surface area contributed by atoms with Gasteiger partial charge in [-0.25, -0.2) is 9.48 Å². The number of nitrogens with one attached hydrogen (secondary N) is 1. The molecule has 28 heavy (non-hydrogen) atoms. The van der Waals surface area contributed by atoms with E-state index in [9.17, 15) is 4.79 Å². The van der Waals surface area contributed by atoms with E-state index >= 15 is 0 Å². The Morgan fingerprint density at radius 2 is 1.93 bits per heavy atom. The van der Waals surface area contributed by atoms with E-state index in [2.05, 4.69) is 53.1 Å². The summed E-state index contributed by atoms with van der Waals surface area (Å²) < 4.78 is 3.62. The number of carbonyl (C=O) groups excluding carboxylic acids is 1. The summed E-state index contributed by atoms with van der Waals surface area (Å²) in [6, 6.07) is 1.25. The van der Waals surface area contributed by atoms with Gasteiger partial charge < -0.3 is 15.5 Å². The molecule has 0 aromatic carbocycles. The third-order valence-corrected chi connectivity index (χ3v) is 5.05. The number of piperazine rings is 1. The molecule has 0 radical (unpaired) electrons. The van der Waals surface area contributed by atoms with Gasteiger partial charge in [-0.2, -0.15) is 10.2 Å². The smallest absolute Gasteiger partial charge is 0.317 e. The fourth-order valence-corrected chi connectivity index (χ4v) is 3.27. The number of aromatic nitrogens is 4. The minimum Gasteiger partial charge on any atom is -0.351 e. The molecule has 2 amide bonds. The summed E-state index contributed by atoms with van der Waals surface area (Å²) in [5.74, 6) is 0.550. The van der Waals surface area contributed by atoms with Crippen molar-refractivity contribution < 1.29 is 4.79 Å². The van der Waals surface area contributed by atoms with Gasteiger partial charge in [0.05, 0.1) is 18.1 Å². The van der Waals surface area contributed by atoms with Crippen molar-refractivity contribution in [1.82, 2.24) is 29.4 Å². The zero-order valence-corrected chi connectivity index (χ0v) is 17.4. The van der Waals surface area contributed by atoms with Crippen LogP contribution in [-0.4, -0.2) is 75.2 Å². The Balaban J connectivity index is 1.65. The third kappa shape index (κ3) is 5.11. The molecule has 0 saturated carbocycles. The van der Waals surface area contributed by atoms with Crippen LogP contribution in [0.5, 0.6) is 0 Å². The van der Waals surface area contributed by atoms with Crippen molar-refractivity contribution >= 4 is 11.8 Å². The molecule has 9 heteroatoms. The number of nitrogens with zero attached hydrogens (tertiary/aromatic N) is 6. The first-order valence-corrected chi connectivity index (χ1v) is 9.83. The molecule has 1 aliphatic heterocycles. The summed E-state index contributed by atoms with van der Waals surface area (Å²) in [5.41, 5.74) is 6.86. The third-order valence-electron chi connectivity index (χ3n) is 5.05. The number of aryl methyl sites for hydroxylation is 1. The summed E-state index contributed by atoms with van der Waals surface area (Å²) in [4.78, 5) is 16.2. The minimum absolute atomic E-state index is 0.141. The molecule has 2 aromatic rings. The zero-order chi connectivity index (χ0) is 20.3. The van der Waals surface area contributed by atoms with Crippen LogP contribution in [0.1, 0.15) is 32.9 Å². The standard InChI is InChI=1S/C19H32N8O/c1-19(2,3)16-12-17(22-18(20)28)27(23-16)15-13-21-26(14-15)7-5-6-25-10-8-24(4)9-11-25/h12-14H,5-11H2,1-4H3,(H3,20,22,28). The van der Waals surface area contributed by atoms with Crippen molar-refractivity contribution in [2.45, 2.75) is 39.2 Å². The first kappa shape index (κ1) is 20.3. The molecule has 154 valence electrons. The van der Waals surface area contributed by atoms with Crippen LogP contribution in [0.25, 0.3) is 5.69 Å². The Hall–Kier alpha value is -2.39. The highest BCUT2D eigenvalue weighted by Gasteiger charge is 2.21. The lowest BCUT2D eigenvalue weighted by Crippen LogP contribution is -2.44. The second-order valence-corrected chi connectivity index (χ2v) is 8.53. The molecule has 1 saturated heterocycles. The van der Waals surface area contributed by atoms with Crippen molar-refractivity contribution in [3.8, 4) is 5.69 Å². The highest BCUT2D eigenvalue weighted by atomic mass is 16.2.